The topological polar surface area (TPSA) is 110 Å². The Balaban J connectivity index is 2.38. The van der Waals surface area contributed by atoms with Crippen molar-refractivity contribution in [3.63, 3.8) is 0 Å². The van der Waals surface area contributed by atoms with Crippen LogP contribution in [-0.2, 0) is 14.8 Å². The Bertz CT molecular complexity index is 959. The molecule has 0 aliphatic heterocycles. The molecule has 2 rings (SSSR count). The molecule has 0 saturated heterocycles. The van der Waals surface area contributed by atoms with Gasteiger partial charge in [0, 0.05) is 17.8 Å². The van der Waals surface area contributed by atoms with E-state index in [4.69, 9.17) is 0 Å². The van der Waals surface area contributed by atoms with Gasteiger partial charge in [0.05, 0.1) is 16.9 Å². The Kier molecular flexibility index (Phi) is 6.17. The van der Waals surface area contributed by atoms with Crippen molar-refractivity contribution in [3.05, 3.63) is 64.2 Å². The van der Waals surface area contributed by atoms with Crippen LogP contribution < -0.4 is 9.62 Å². The largest absolute Gasteiger partial charge is 0.324 e. The van der Waals surface area contributed by atoms with Gasteiger partial charge in [-0.2, -0.15) is 0 Å². The van der Waals surface area contributed by atoms with E-state index in [1.165, 1.54) is 24.3 Å². The smallest absolute Gasteiger partial charge is 0.271 e. The fraction of sp³-hybridized carbons (Fsp3) is 0.278. The minimum Gasteiger partial charge on any atom is -0.324 e. The van der Waals surface area contributed by atoms with Gasteiger partial charge in [0.1, 0.15) is 6.04 Å². The number of nitro benzene ring substituents is 1. The van der Waals surface area contributed by atoms with Crippen LogP contribution >= 0.6 is 0 Å². The van der Waals surface area contributed by atoms with Gasteiger partial charge in [-0.25, -0.2) is 8.42 Å². The quantitative estimate of drug-likeness (QED) is 0.576. The number of benzene rings is 2. The Hall–Kier alpha value is -2.94. The molecule has 0 aromatic heterocycles. The number of amides is 1. The molecule has 2 aromatic rings. The molecular formula is C18H21N3O5S. The first kappa shape index (κ1) is 20.4. The Morgan fingerprint density at radius 1 is 1.22 bits per heavy atom. The molecule has 144 valence electrons. The highest BCUT2D eigenvalue weighted by Crippen LogP contribution is 2.25. The van der Waals surface area contributed by atoms with Gasteiger partial charge in [0.2, 0.25) is 15.9 Å². The summed E-state index contributed by atoms with van der Waals surface area (Å²) in [4.78, 5) is 23.1. The van der Waals surface area contributed by atoms with Crippen LogP contribution in [0, 0.1) is 17.0 Å². The Morgan fingerprint density at radius 2 is 1.89 bits per heavy atom. The number of rotatable bonds is 7. The second-order valence-electron chi connectivity index (χ2n) is 6.12. The van der Waals surface area contributed by atoms with E-state index in [-0.39, 0.29) is 17.8 Å². The summed E-state index contributed by atoms with van der Waals surface area (Å²) in [7, 11) is -3.74. The predicted molar refractivity (Wildman–Crippen MR) is 104 cm³/mol. The maximum absolute atomic E-state index is 12.8. The number of nitro groups is 1. The molecule has 0 bridgehead atoms. The molecule has 1 N–H and O–H groups in total. The highest BCUT2D eigenvalue weighted by Gasteiger charge is 2.31. The standard InChI is InChI=1S/C18H21N3O5S/c1-4-17(18(22)19-14-8-6-10-16(12-14)21(23)24)20(27(3,25)26)15-9-5-7-13(2)11-15/h5-12,17H,4H2,1-3H3,(H,19,22)/t17-/m1/s1. The van der Waals surface area contributed by atoms with Crippen molar-refractivity contribution in [2.45, 2.75) is 26.3 Å². The highest BCUT2D eigenvalue weighted by atomic mass is 32.2. The molecule has 8 nitrogen and oxygen atoms in total. The summed E-state index contributed by atoms with van der Waals surface area (Å²) in [5.41, 5.74) is 1.30. The van der Waals surface area contributed by atoms with E-state index in [2.05, 4.69) is 5.32 Å². The first-order valence-corrected chi connectivity index (χ1v) is 10.1. The van der Waals surface area contributed by atoms with Gasteiger partial charge in [-0.15, -0.1) is 0 Å². The number of hydrogen-bond acceptors (Lipinski definition) is 5. The molecular weight excluding hydrogens is 370 g/mol. The lowest BCUT2D eigenvalue weighted by Gasteiger charge is -2.30. The summed E-state index contributed by atoms with van der Waals surface area (Å²) >= 11 is 0. The zero-order valence-corrected chi connectivity index (χ0v) is 16.1. The third kappa shape index (κ3) is 5.04. The van der Waals surface area contributed by atoms with Crippen molar-refractivity contribution in [2.24, 2.45) is 0 Å². The molecule has 0 aliphatic carbocycles. The normalized spacial score (nSPS) is 12.3. The monoisotopic (exact) mass is 391 g/mol. The van der Waals surface area contributed by atoms with Crippen LogP contribution in [0.1, 0.15) is 18.9 Å². The second kappa shape index (κ2) is 8.17. The molecule has 9 heteroatoms. The zero-order chi connectivity index (χ0) is 20.2. The molecule has 0 spiro atoms. The number of nitrogens with zero attached hydrogens (tertiary/aromatic N) is 2. The first-order valence-electron chi connectivity index (χ1n) is 8.25. The lowest BCUT2D eigenvalue weighted by Crippen LogP contribution is -2.47. The van der Waals surface area contributed by atoms with Crippen molar-refractivity contribution in [1.82, 2.24) is 0 Å². The Morgan fingerprint density at radius 3 is 2.44 bits per heavy atom. The minimum atomic E-state index is -3.74. The molecule has 0 aliphatic rings. The van der Waals surface area contributed by atoms with Gasteiger partial charge in [0.25, 0.3) is 5.69 Å². The van der Waals surface area contributed by atoms with Gasteiger partial charge < -0.3 is 5.32 Å². The summed E-state index contributed by atoms with van der Waals surface area (Å²) < 4.78 is 25.9. The van der Waals surface area contributed by atoms with Crippen LogP contribution in [0.3, 0.4) is 0 Å². The number of hydrogen-bond donors (Lipinski definition) is 1. The molecule has 27 heavy (non-hydrogen) atoms. The van der Waals surface area contributed by atoms with Crippen molar-refractivity contribution in [2.75, 3.05) is 15.9 Å². The van der Waals surface area contributed by atoms with E-state index in [0.29, 0.717) is 5.69 Å². The number of anilines is 2. The third-order valence-electron chi connectivity index (χ3n) is 3.91. The van der Waals surface area contributed by atoms with Crippen LogP contribution in [0.2, 0.25) is 0 Å². The number of sulfonamides is 1. The number of aryl methyl sites for hydroxylation is 1. The minimum absolute atomic E-state index is 0.167. The molecule has 0 saturated carbocycles. The molecule has 2 aromatic carbocycles. The summed E-state index contributed by atoms with van der Waals surface area (Å²) in [5, 5.41) is 13.5. The van der Waals surface area contributed by atoms with E-state index in [1.54, 1.807) is 25.1 Å². The maximum atomic E-state index is 12.8. The van der Waals surface area contributed by atoms with E-state index < -0.39 is 26.9 Å². The van der Waals surface area contributed by atoms with Crippen molar-refractivity contribution >= 4 is 33.0 Å². The first-order chi connectivity index (χ1) is 12.6. The maximum Gasteiger partial charge on any atom is 0.271 e. The predicted octanol–water partition coefficient (Wildman–Crippen LogP) is 3.09. The summed E-state index contributed by atoms with van der Waals surface area (Å²) in [6.07, 6.45) is 1.26. The van der Waals surface area contributed by atoms with Gasteiger partial charge in [-0.3, -0.25) is 19.2 Å². The second-order valence-corrected chi connectivity index (χ2v) is 7.98. The molecule has 0 fully saturated rings. The molecule has 1 atom stereocenters. The van der Waals surface area contributed by atoms with Gasteiger partial charge in [-0.1, -0.05) is 25.1 Å². The van der Waals surface area contributed by atoms with Crippen LogP contribution in [0.5, 0.6) is 0 Å². The summed E-state index contributed by atoms with van der Waals surface area (Å²) in [6.45, 7) is 3.53. The van der Waals surface area contributed by atoms with E-state index in [1.807, 2.05) is 13.0 Å². The average molecular weight is 391 g/mol. The van der Waals surface area contributed by atoms with E-state index >= 15 is 0 Å². The van der Waals surface area contributed by atoms with Crippen LogP contribution in [-0.4, -0.2) is 31.5 Å². The highest BCUT2D eigenvalue weighted by molar-refractivity contribution is 7.92. The third-order valence-corrected chi connectivity index (χ3v) is 5.09. The van der Waals surface area contributed by atoms with Crippen LogP contribution in [0.15, 0.2) is 48.5 Å². The van der Waals surface area contributed by atoms with Crippen LogP contribution in [0.4, 0.5) is 17.1 Å². The molecule has 0 radical (unpaired) electrons. The Labute approximate surface area is 158 Å². The summed E-state index contributed by atoms with van der Waals surface area (Å²) in [5.74, 6) is -0.565. The number of carbonyl (C=O) groups is 1. The van der Waals surface area contributed by atoms with Crippen LogP contribution in [0.25, 0.3) is 0 Å². The molecule has 0 heterocycles. The lowest BCUT2D eigenvalue weighted by atomic mass is 10.1. The fourth-order valence-electron chi connectivity index (χ4n) is 2.75. The van der Waals surface area contributed by atoms with Gasteiger partial charge >= 0.3 is 0 Å². The number of non-ortho nitro benzene ring substituents is 1. The fourth-order valence-corrected chi connectivity index (χ4v) is 3.95. The number of nitrogens with one attached hydrogen (secondary N) is 1. The van der Waals surface area contributed by atoms with Crippen molar-refractivity contribution < 1.29 is 18.1 Å². The lowest BCUT2D eigenvalue weighted by molar-refractivity contribution is -0.384. The average Bonchev–Trinajstić information content (AvgIpc) is 2.58. The molecule has 1 amide bonds. The van der Waals surface area contributed by atoms with E-state index in [0.717, 1.165) is 16.1 Å². The molecule has 0 unspecified atom stereocenters. The van der Waals surface area contributed by atoms with Crippen molar-refractivity contribution in [3.8, 4) is 0 Å². The van der Waals surface area contributed by atoms with Gasteiger partial charge in [0.15, 0.2) is 0 Å². The number of carbonyl (C=O) groups excluding carboxylic acids is 1. The van der Waals surface area contributed by atoms with Gasteiger partial charge in [-0.05, 0) is 37.1 Å². The summed E-state index contributed by atoms with van der Waals surface area (Å²) in [6, 6.07) is 11.3. The zero-order valence-electron chi connectivity index (χ0n) is 15.2. The van der Waals surface area contributed by atoms with E-state index in [9.17, 15) is 23.3 Å². The SMILES string of the molecule is CC[C@H](C(=O)Nc1cccc([N+](=O)[O-])c1)N(c1cccc(C)c1)S(C)(=O)=O. The van der Waals surface area contributed by atoms with Crippen molar-refractivity contribution in [1.29, 1.82) is 0 Å².